The van der Waals surface area contributed by atoms with E-state index in [1.54, 1.807) is 30.3 Å². The van der Waals surface area contributed by atoms with Crippen LogP contribution in [-0.4, -0.2) is 17.0 Å². The van der Waals surface area contributed by atoms with Crippen LogP contribution in [0.4, 0.5) is 11.4 Å². The van der Waals surface area contributed by atoms with Gasteiger partial charge in [-0.15, -0.1) is 0 Å². The van der Waals surface area contributed by atoms with Crippen molar-refractivity contribution in [2.75, 3.05) is 10.6 Å². The summed E-state index contributed by atoms with van der Waals surface area (Å²) < 4.78 is 5.19. The Morgan fingerprint density at radius 1 is 1.04 bits per heavy atom. The van der Waals surface area contributed by atoms with Crippen molar-refractivity contribution >= 4 is 34.2 Å². The fourth-order valence-corrected chi connectivity index (χ4v) is 2.30. The number of amides is 2. The molecule has 0 aliphatic carbocycles. The van der Waals surface area contributed by atoms with Gasteiger partial charge in [0.25, 0.3) is 0 Å². The Morgan fingerprint density at radius 2 is 1.78 bits per heavy atom. The molecule has 0 aliphatic rings. The molecular weight excluding hydrogens is 294 g/mol. The van der Waals surface area contributed by atoms with E-state index in [9.17, 15) is 9.59 Å². The number of para-hydroxylation sites is 1. The highest BCUT2D eigenvalue weighted by molar-refractivity contribution is 5.96. The van der Waals surface area contributed by atoms with Crippen LogP contribution in [-0.2, 0) is 16.0 Å². The van der Waals surface area contributed by atoms with Crippen LogP contribution in [0.25, 0.3) is 11.0 Å². The predicted octanol–water partition coefficient (Wildman–Crippen LogP) is 2.97. The van der Waals surface area contributed by atoms with Crippen LogP contribution < -0.4 is 10.6 Å². The van der Waals surface area contributed by atoms with Gasteiger partial charge in [-0.3, -0.25) is 9.59 Å². The number of aromatic nitrogens is 1. The van der Waals surface area contributed by atoms with E-state index in [1.165, 1.54) is 6.92 Å². The van der Waals surface area contributed by atoms with E-state index >= 15 is 0 Å². The Hall–Kier alpha value is -3.15. The molecule has 2 N–H and O–H groups in total. The van der Waals surface area contributed by atoms with Gasteiger partial charge in [0.2, 0.25) is 11.8 Å². The van der Waals surface area contributed by atoms with Gasteiger partial charge in [0, 0.05) is 23.7 Å². The highest BCUT2D eigenvalue weighted by atomic mass is 16.5. The predicted molar refractivity (Wildman–Crippen MR) is 87.1 cm³/mol. The first-order valence-corrected chi connectivity index (χ1v) is 7.12. The third kappa shape index (κ3) is 3.55. The van der Waals surface area contributed by atoms with Crippen LogP contribution in [0.5, 0.6) is 0 Å². The molecule has 0 aliphatic heterocycles. The van der Waals surface area contributed by atoms with E-state index in [0.717, 1.165) is 5.39 Å². The number of hydrogen-bond acceptors (Lipinski definition) is 4. The number of anilines is 2. The largest absolute Gasteiger partial charge is 0.356 e. The van der Waals surface area contributed by atoms with Crippen LogP contribution in [0, 0.1) is 0 Å². The van der Waals surface area contributed by atoms with Gasteiger partial charge in [-0.05, 0) is 30.3 Å². The number of fused-ring (bicyclic) bond motifs is 1. The maximum absolute atomic E-state index is 12.2. The van der Waals surface area contributed by atoms with Crippen LogP contribution >= 0.6 is 0 Å². The third-order valence-corrected chi connectivity index (χ3v) is 3.25. The van der Waals surface area contributed by atoms with Crippen molar-refractivity contribution in [3.63, 3.8) is 0 Å². The van der Waals surface area contributed by atoms with Crippen molar-refractivity contribution in [2.24, 2.45) is 0 Å². The number of rotatable bonds is 4. The molecule has 0 atom stereocenters. The van der Waals surface area contributed by atoms with E-state index in [1.807, 2.05) is 18.2 Å². The van der Waals surface area contributed by atoms with Gasteiger partial charge in [-0.25, -0.2) is 0 Å². The minimum Gasteiger partial charge on any atom is -0.356 e. The molecule has 0 radical (unpaired) electrons. The Bertz CT molecular complexity index is 870. The van der Waals surface area contributed by atoms with Gasteiger partial charge in [-0.2, -0.15) is 0 Å². The van der Waals surface area contributed by atoms with E-state index in [2.05, 4.69) is 15.8 Å². The Labute approximate surface area is 132 Å². The van der Waals surface area contributed by atoms with Gasteiger partial charge in [-0.1, -0.05) is 23.4 Å². The summed E-state index contributed by atoms with van der Waals surface area (Å²) in [7, 11) is 0. The lowest BCUT2D eigenvalue weighted by molar-refractivity contribution is -0.116. The molecule has 116 valence electrons. The van der Waals surface area contributed by atoms with Gasteiger partial charge in [0.1, 0.15) is 5.69 Å². The molecule has 6 nitrogen and oxygen atoms in total. The van der Waals surface area contributed by atoms with Crippen molar-refractivity contribution < 1.29 is 14.1 Å². The number of nitrogens with zero attached hydrogens (tertiary/aromatic N) is 1. The fourth-order valence-electron chi connectivity index (χ4n) is 2.30. The maximum atomic E-state index is 12.2. The Morgan fingerprint density at radius 3 is 2.57 bits per heavy atom. The lowest BCUT2D eigenvalue weighted by atomic mass is 10.1. The molecule has 1 aromatic heterocycles. The highest BCUT2D eigenvalue weighted by Crippen LogP contribution is 2.19. The number of nitrogens with one attached hydrogen (secondary N) is 2. The second-order valence-electron chi connectivity index (χ2n) is 5.11. The van der Waals surface area contributed by atoms with E-state index in [-0.39, 0.29) is 18.2 Å². The molecule has 3 aromatic rings. The van der Waals surface area contributed by atoms with Gasteiger partial charge in [0.15, 0.2) is 5.58 Å². The van der Waals surface area contributed by atoms with E-state index < -0.39 is 0 Å². The summed E-state index contributed by atoms with van der Waals surface area (Å²) in [5.41, 5.74) is 2.48. The molecular formula is C17H15N3O3. The minimum absolute atomic E-state index is 0.112. The summed E-state index contributed by atoms with van der Waals surface area (Å²) in [5, 5.41) is 10.2. The zero-order valence-corrected chi connectivity index (χ0v) is 12.5. The highest BCUT2D eigenvalue weighted by Gasteiger charge is 2.12. The third-order valence-electron chi connectivity index (χ3n) is 3.25. The minimum atomic E-state index is -0.205. The van der Waals surface area contributed by atoms with Gasteiger partial charge in [0.05, 0.1) is 6.42 Å². The molecule has 6 heteroatoms. The van der Waals surface area contributed by atoms with E-state index in [0.29, 0.717) is 22.7 Å². The molecule has 0 saturated heterocycles. The van der Waals surface area contributed by atoms with Crippen LogP contribution in [0.3, 0.4) is 0 Å². The van der Waals surface area contributed by atoms with Crippen molar-refractivity contribution in [2.45, 2.75) is 13.3 Å². The molecule has 2 amide bonds. The second kappa shape index (κ2) is 6.31. The molecule has 2 aromatic carbocycles. The zero-order chi connectivity index (χ0) is 16.2. The van der Waals surface area contributed by atoms with Gasteiger partial charge < -0.3 is 15.2 Å². The Kier molecular flexibility index (Phi) is 4.05. The van der Waals surface area contributed by atoms with Crippen LogP contribution in [0.15, 0.2) is 53.1 Å². The molecule has 0 fully saturated rings. The van der Waals surface area contributed by atoms with Crippen LogP contribution in [0.2, 0.25) is 0 Å². The SMILES string of the molecule is CC(=O)Nc1cccc(NC(=O)Cc2noc3ccccc23)c1. The first-order valence-electron chi connectivity index (χ1n) is 7.12. The molecule has 0 spiro atoms. The molecule has 3 rings (SSSR count). The molecule has 0 bridgehead atoms. The Balaban J connectivity index is 1.71. The van der Waals surface area contributed by atoms with Crippen molar-refractivity contribution in [3.05, 3.63) is 54.2 Å². The zero-order valence-electron chi connectivity index (χ0n) is 12.5. The molecule has 1 heterocycles. The lowest BCUT2D eigenvalue weighted by Gasteiger charge is -2.07. The summed E-state index contributed by atoms with van der Waals surface area (Å²) >= 11 is 0. The summed E-state index contributed by atoms with van der Waals surface area (Å²) in [6.45, 7) is 1.43. The molecule has 0 saturated carbocycles. The summed E-state index contributed by atoms with van der Waals surface area (Å²) in [5.74, 6) is -0.369. The number of carbonyl (C=O) groups excluding carboxylic acids is 2. The smallest absolute Gasteiger partial charge is 0.230 e. The number of hydrogen-bond donors (Lipinski definition) is 2. The van der Waals surface area contributed by atoms with Crippen molar-refractivity contribution in [1.82, 2.24) is 5.16 Å². The first-order chi connectivity index (χ1) is 11.1. The standard InChI is InChI=1S/C17H15N3O3/c1-11(21)18-12-5-4-6-13(9-12)19-17(22)10-15-14-7-2-3-8-16(14)23-20-15/h2-9H,10H2,1H3,(H,18,21)(H,19,22). The monoisotopic (exact) mass is 309 g/mol. The normalized spacial score (nSPS) is 10.5. The van der Waals surface area contributed by atoms with Crippen molar-refractivity contribution in [1.29, 1.82) is 0 Å². The molecule has 0 unspecified atom stereocenters. The summed E-state index contributed by atoms with van der Waals surface area (Å²) in [6, 6.07) is 14.4. The maximum Gasteiger partial charge on any atom is 0.230 e. The number of benzene rings is 2. The first kappa shape index (κ1) is 14.8. The van der Waals surface area contributed by atoms with Gasteiger partial charge >= 0.3 is 0 Å². The average molecular weight is 309 g/mol. The van der Waals surface area contributed by atoms with Crippen molar-refractivity contribution in [3.8, 4) is 0 Å². The second-order valence-corrected chi connectivity index (χ2v) is 5.11. The van der Waals surface area contributed by atoms with Crippen LogP contribution in [0.1, 0.15) is 12.6 Å². The molecule has 23 heavy (non-hydrogen) atoms. The summed E-state index contributed by atoms with van der Waals surface area (Å²) in [4.78, 5) is 23.2. The quantitative estimate of drug-likeness (QED) is 0.776. The van der Waals surface area contributed by atoms with E-state index in [4.69, 9.17) is 4.52 Å². The topological polar surface area (TPSA) is 84.2 Å². The number of carbonyl (C=O) groups is 2. The average Bonchev–Trinajstić information content (AvgIpc) is 2.90. The lowest BCUT2D eigenvalue weighted by Crippen LogP contribution is -2.15. The summed E-state index contributed by atoms with van der Waals surface area (Å²) in [6.07, 6.45) is 0.112. The fraction of sp³-hybridized carbons (Fsp3) is 0.118.